The first kappa shape index (κ1) is 17.4. The molecule has 0 spiro atoms. The fourth-order valence-corrected chi connectivity index (χ4v) is 3.29. The topological polar surface area (TPSA) is 64.1 Å². The molecule has 0 aliphatic carbocycles. The van der Waals surface area contributed by atoms with E-state index in [2.05, 4.69) is 15.6 Å². The van der Waals surface area contributed by atoms with Gasteiger partial charge in [-0.15, -0.1) is 0 Å². The number of nitrogens with one attached hydrogen (secondary N) is 2. The summed E-state index contributed by atoms with van der Waals surface area (Å²) >= 11 is 0. The molecule has 0 fully saturated rings. The zero-order valence-electron chi connectivity index (χ0n) is 12.2. The van der Waals surface area contributed by atoms with Crippen molar-refractivity contribution in [2.24, 2.45) is 4.99 Å². The Labute approximate surface area is 111 Å². The zero-order chi connectivity index (χ0) is 13.9. The first-order valence-electron chi connectivity index (χ1n) is 6.35. The van der Waals surface area contributed by atoms with Crippen molar-refractivity contribution in [1.29, 1.82) is 0 Å². The molecule has 0 unspecified atom stereocenters. The fraction of sp³-hybridized carbons (Fsp3) is 0.909. The summed E-state index contributed by atoms with van der Waals surface area (Å²) in [6.45, 7) is 6.50. The molecule has 0 heterocycles. The molecule has 0 aromatic heterocycles. The smallest absolute Gasteiger partial charge is 0.377 e. The van der Waals surface area contributed by atoms with E-state index < -0.39 is 8.80 Å². The summed E-state index contributed by atoms with van der Waals surface area (Å²) in [5, 5.41) is 6.44. The maximum absolute atomic E-state index is 5.36. The highest BCUT2D eigenvalue weighted by Gasteiger charge is 2.36. The second-order valence-electron chi connectivity index (χ2n) is 3.68. The van der Waals surface area contributed by atoms with Gasteiger partial charge in [0.1, 0.15) is 0 Å². The van der Waals surface area contributed by atoms with E-state index in [1.165, 1.54) is 0 Å². The summed E-state index contributed by atoms with van der Waals surface area (Å²) in [6.07, 6.45) is 0.913. The Bertz CT molecular complexity index is 227. The van der Waals surface area contributed by atoms with Gasteiger partial charge in [0, 0.05) is 47.0 Å². The van der Waals surface area contributed by atoms with Gasteiger partial charge in [-0.2, -0.15) is 0 Å². The number of rotatable bonds is 9. The van der Waals surface area contributed by atoms with E-state index in [9.17, 15) is 0 Å². The summed E-state index contributed by atoms with van der Waals surface area (Å²) in [7, 11) is 2.48. The Kier molecular flexibility index (Phi) is 9.94. The summed E-state index contributed by atoms with van der Waals surface area (Å²) in [4.78, 5) is 4.32. The van der Waals surface area contributed by atoms with Crippen LogP contribution in [-0.2, 0) is 13.3 Å². The van der Waals surface area contributed by atoms with Crippen LogP contribution in [0, 0.1) is 0 Å². The third kappa shape index (κ3) is 6.34. The second kappa shape index (κ2) is 10.3. The van der Waals surface area contributed by atoms with Crippen molar-refractivity contribution in [3.05, 3.63) is 0 Å². The minimum Gasteiger partial charge on any atom is -0.377 e. The third-order valence-electron chi connectivity index (χ3n) is 2.55. The molecule has 0 radical (unpaired) electrons. The molecule has 0 saturated carbocycles. The number of guanidine groups is 1. The van der Waals surface area contributed by atoms with Crippen molar-refractivity contribution in [2.75, 3.05) is 41.0 Å². The molecule has 0 bridgehead atoms. The molecule has 0 aliphatic heterocycles. The van der Waals surface area contributed by atoms with Crippen molar-refractivity contribution >= 4 is 14.8 Å². The average Bonchev–Trinajstić information content (AvgIpc) is 2.40. The Morgan fingerprint density at radius 3 is 2.11 bits per heavy atom. The molecule has 18 heavy (non-hydrogen) atoms. The van der Waals surface area contributed by atoms with Gasteiger partial charge in [-0.3, -0.25) is 4.99 Å². The first-order chi connectivity index (χ1) is 8.67. The summed E-state index contributed by atoms with van der Waals surface area (Å²) in [6, 6.07) is 0.787. The van der Waals surface area contributed by atoms with Crippen molar-refractivity contribution < 1.29 is 13.3 Å². The van der Waals surface area contributed by atoms with Crippen LogP contribution in [0.2, 0.25) is 6.04 Å². The van der Waals surface area contributed by atoms with Crippen LogP contribution in [0.3, 0.4) is 0 Å². The van der Waals surface area contributed by atoms with Crippen molar-refractivity contribution in [3.8, 4) is 0 Å². The quantitative estimate of drug-likeness (QED) is 0.283. The van der Waals surface area contributed by atoms with Crippen LogP contribution in [0.25, 0.3) is 0 Å². The fourth-order valence-electron chi connectivity index (χ4n) is 1.57. The monoisotopic (exact) mass is 277 g/mol. The molecule has 6 nitrogen and oxygen atoms in total. The SMILES string of the molecule is CCN=C(NCC)NCCC[Si](OC)(OC)OC. The van der Waals surface area contributed by atoms with E-state index >= 15 is 0 Å². The van der Waals surface area contributed by atoms with Gasteiger partial charge in [0.25, 0.3) is 0 Å². The molecule has 0 atom stereocenters. The highest BCUT2D eigenvalue weighted by molar-refractivity contribution is 6.60. The van der Waals surface area contributed by atoms with Gasteiger partial charge in [0.05, 0.1) is 0 Å². The normalized spacial score (nSPS) is 12.6. The van der Waals surface area contributed by atoms with Gasteiger partial charge in [-0.05, 0) is 20.3 Å². The minimum absolute atomic E-state index is 0.766. The van der Waals surface area contributed by atoms with Gasteiger partial charge in [0.2, 0.25) is 0 Å². The van der Waals surface area contributed by atoms with Gasteiger partial charge in [0.15, 0.2) is 5.96 Å². The summed E-state index contributed by atoms with van der Waals surface area (Å²) < 4.78 is 16.1. The molecule has 0 saturated heterocycles. The minimum atomic E-state index is -2.43. The molecule has 0 aromatic carbocycles. The van der Waals surface area contributed by atoms with Gasteiger partial charge in [-0.1, -0.05) is 0 Å². The first-order valence-corrected chi connectivity index (χ1v) is 8.28. The Morgan fingerprint density at radius 2 is 1.67 bits per heavy atom. The average molecular weight is 277 g/mol. The highest BCUT2D eigenvalue weighted by atomic mass is 28.4. The van der Waals surface area contributed by atoms with Crippen LogP contribution in [0.1, 0.15) is 20.3 Å². The molecule has 0 rings (SSSR count). The Hall–Kier alpha value is -0.633. The van der Waals surface area contributed by atoms with Gasteiger partial charge < -0.3 is 23.9 Å². The van der Waals surface area contributed by atoms with Crippen LogP contribution >= 0.6 is 0 Å². The predicted octanol–water partition coefficient (Wildman–Crippen LogP) is 0.830. The Balaban J connectivity index is 3.99. The lowest BCUT2D eigenvalue weighted by molar-refractivity contribution is 0.123. The maximum Gasteiger partial charge on any atom is 0.500 e. The number of hydrogen-bond donors (Lipinski definition) is 2. The Morgan fingerprint density at radius 1 is 1.06 bits per heavy atom. The van der Waals surface area contributed by atoms with Crippen LogP contribution in [0.4, 0.5) is 0 Å². The van der Waals surface area contributed by atoms with Crippen molar-refractivity contribution in [2.45, 2.75) is 26.3 Å². The van der Waals surface area contributed by atoms with Crippen molar-refractivity contribution in [3.63, 3.8) is 0 Å². The molecule has 0 amide bonds. The zero-order valence-corrected chi connectivity index (χ0v) is 13.2. The van der Waals surface area contributed by atoms with E-state index in [1.807, 2.05) is 13.8 Å². The number of hydrogen-bond acceptors (Lipinski definition) is 4. The molecular weight excluding hydrogens is 250 g/mol. The lowest BCUT2D eigenvalue weighted by Gasteiger charge is -2.24. The predicted molar refractivity (Wildman–Crippen MR) is 75.9 cm³/mol. The summed E-state index contributed by atoms with van der Waals surface area (Å²) in [5.41, 5.74) is 0. The molecule has 7 heteroatoms. The van der Waals surface area contributed by atoms with Crippen LogP contribution in [0.5, 0.6) is 0 Å². The van der Waals surface area contributed by atoms with E-state index in [0.29, 0.717) is 0 Å². The summed E-state index contributed by atoms with van der Waals surface area (Å²) in [5.74, 6) is 0.847. The lowest BCUT2D eigenvalue weighted by Crippen LogP contribution is -2.44. The standard InChI is InChI=1S/C11H27N3O3Si/c1-6-12-11(13-7-2)14-9-8-10-18(15-3,16-4)17-5/h6-10H2,1-5H3,(H2,12,13,14). The van der Waals surface area contributed by atoms with E-state index in [-0.39, 0.29) is 0 Å². The number of nitrogens with zero attached hydrogens (tertiary/aromatic N) is 1. The lowest BCUT2D eigenvalue weighted by atomic mass is 10.5. The van der Waals surface area contributed by atoms with Crippen LogP contribution in [-0.4, -0.2) is 55.7 Å². The largest absolute Gasteiger partial charge is 0.500 e. The van der Waals surface area contributed by atoms with E-state index in [1.54, 1.807) is 21.3 Å². The van der Waals surface area contributed by atoms with Gasteiger partial charge in [-0.25, -0.2) is 0 Å². The second-order valence-corrected chi connectivity index (χ2v) is 6.77. The maximum atomic E-state index is 5.36. The molecular formula is C11H27N3O3Si. The highest BCUT2D eigenvalue weighted by Crippen LogP contribution is 2.14. The molecule has 0 aromatic rings. The van der Waals surface area contributed by atoms with E-state index in [4.69, 9.17) is 13.3 Å². The molecule has 0 aliphatic rings. The van der Waals surface area contributed by atoms with Gasteiger partial charge >= 0.3 is 8.80 Å². The van der Waals surface area contributed by atoms with E-state index in [0.717, 1.165) is 38.1 Å². The molecule has 108 valence electrons. The van der Waals surface area contributed by atoms with Crippen LogP contribution in [0.15, 0.2) is 4.99 Å². The third-order valence-corrected chi connectivity index (χ3v) is 5.38. The van der Waals surface area contributed by atoms with Crippen LogP contribution < -0.4 is 10.6 Å². The van der Waals surface area contributed by atoms with Crippen molar-refractivity contribution in [1.82, 2.24) is 10.6 Å². The molecule has 2 N–H and O–H groups in total. The number of aliphatic imine (C=N–C) groups is 1.